The fraction of sp³-hybridized carbons (Fsp3) is 0.667. The first kappa shape index (κ1) is 18.6. The van der Waals surface area contributed by atoms with E-state index in [0.717, 1.165) is 24.7 Å². The highest BCUT2D eigenvalue weighted by Crippen LogP contribution is 2.45. The molecule has 1 aromatic carbocycles. The van der Waals surface area contributed by atoms with Crippen LogP contribution in [0.1, 0.15) is 46.1 Å². The van der Waals surface area contributed by atoms with E-state index in [1.165, 1.54) is 0 Å². The Balaban J connectivity index is 1.72. The van der Waals surface area contributed by atoms with Gasteiger partial charge in [-0.1, -0.05) is 51.1 Å². The third kappa shape index (κ3) is 3.97. The van der Waals surface area contributed by atoms with Gasteiger partial charge in [-0.25, -0.2) is 0 Å². The lowest BCUT2D eigenvalue weighted by Crippen LogP contribution is -2.51. The van der Waals surface area contributed by atoms with Gasteiger partial charge in [-0.05, 0) is 18.9 Å². The molecule has 3 rings (SSSR count). The molecule has 2 aliphatic heterocycles. The fourth-order valence-electron chi connectivity index (χ4n) is 4.31. The van der Waals surface area contributed by atoms with E-state index in [2.05, 4.69) is 13.8 Å². The minimum absolute atomic E-state index is 0.0365. The average molecular weight is 346 g/mol. The number of ether oxygens (including phenoxy) is 3. The van der Waals surface area contributed by atoms with Crippen LogP contribution in [0.15, 0.2) is 30.3 Å². The number of benzene rings is 1. The molecule has 0 amide bonds. The van der Waals surface area contributed by atoms with Crippen molar-refractivity contribution < 1.29 is 19.0 Å². The maximum absolute atomic E-state index is 11.5. The zero-order valence-corrected chi connectivity index (χ0v) is 15.7. The molecular weight excluding hydrogens is 316 g/mol. The Morgan fingerprint density at radius 3 is 2.68 bits per heavy atom. The van der Waals surface area contributed by atoms with Crippen LogP contribution in [-0.2, 0) is 25.6 Å². The molecule has 1 aromatic rings. The highest BCUT2D eigenvalue weighted by molar-refractivity contribution is 5.53. The summed E-state index contributed by atoms with van der Waals surface area (Å²) in [7, 11) is 0. The Morgan fingerprint density at radius 2 is 2.00 bits per heavy atom. The third-order valence-electron chi connectivity index (χ3n) is 5.83. The van der Waals surface area contributed by atoms with Gasteiger partial charge in [0.25, 0.3) is 0 Å². The quantitative estimate of drug-likeness (QED) is 0.701. The third-order valence-corrected chi connectivity index (χ3v) is 5.83. The van der Waals surface area contributed by atoms with E-state index < -0.39 is 5.79 Å². The predicted octanol–water partition coefficient (Wildman–Crippen LogP) is 3.97. The first-order valence-corrected chi connectivity index (χ1v) is 9.40. The highest BCUT2D eigenvalue weighted by Gasteiger charge is 2.51. The second-order valence-electron chi connectivity index (χ2n) is 7.89. The van der Waals surface area contributed by atoms with Crippen LogP contribution in [0.5, 0.6) is 0 Å². The zero-order chi connectivity index (χ0) is 18.0. The Morgan fingerprint density at radius 1 is 1.28 bits per heavy atom. The molecule has 0 N–H and O–H groups in total. The molecule has 138 valence electrons. The molecule has 2 heterocycles. The highest BCUT2D eigenvalue weighted by atomic mass is 16.7. The van der Waals surface area contributed by atoms with Crippen LogP contribution in [0.4, 0.5) is 0 Å². The first-order chi connectivity index (χ1) is 11.9. The summed E-state index contributed by atoms with van der Waals surface area (Å²) in [6.07, 6.45) is 3.07. The van der Waals surface area contributed by atoms with Crippen molar-refractivity contribution in [2.24, 2.45) is 17.8 Å². The van der Waals surface area contributed by atoms with Crippen LogP contribution in [-0.4, -0.2) is 30.4 Å². The minimum Gasteiger partial charge on any atom is -0.372 e. The van der Waals surface area contributed by atoms with Gasteiger partial charge in [-0.15, -0.1) is 0 Å². The summed E-state index contributed by atoms with van der Waals surface area (Å²) < 4.78 is 18.6. The van der Waals surface area contributed by atoms with Gasteiger partial charge in [0.05, 0.1) is 24.9 Å². The summed E-state index contributed by atoms with van der Waals surface area (Å²) in [4.78, 5) is 11.5. The van der Waals surface area contributed by atoms with E-state index in [1.807, 2.05) is 44.2 Å². The lowest BCUT2D eigenvalue weighted by molar-refractivity contribution is -0.309. The summed E-state index contributed by atoms with van der Waals surface area (Å²) in [6, 6.07) is 10.1. The molecule has 4 nitrogen and oxygen atoms in total. The molecule has 0 radical (unpaired) electrons. The van der Waals surface area contributed by atoms with E-state index in [4.69, 9.17) is 14.2 Å². The van der Waals surface area contributed by atoms with E-state index in [-0.39, 0.29) is 30.1 Å². The molecule has 0 aromatic heterocycles. The van der Waals surface area contributed by atoms with Crippen LogP contribution >= 0.6 is 0 Å². The molecular formula is C21H30O4. The summed E-state index contributed by atoms with van der Waals surface area (Å²) in [6.45, 7) is 8.80. The van der Waals surface area contributed by atoms with Crippen LogP contribution in [0.3, 0.4) is 0 Å². The molecule has 0 spiro atoms. The normalized spacial score (nSPS) is 35.1. The Kier molecular flexibility index (Phi) is 5.62. The second kappa shape index (κ2) is 7.56. The van der Waals surface area contributed by atoms with Crippen LogP contribution in [0.2, 0.25) is 0 Å². The second-order valence-corrected chi connectivity index (χ2v) is 7.89. The largest absolute Gasteiger partial charge is 0.372 e. The first-order valence-electron chi connectivity index (χ1n) is 9.40. The van der Waals surface area contributed by atoms with Crippen LogP contribution in [0.25, 0.3) is 0 Å². The number of hydrogen-bond donors (Lipinski definition) is 0. The number of aldehydes is 1. The minimum atomic E-state index is -0.482. The van der Waals surface area contributed by atoms with Gasteiger partial charge in [-0.2, -0.15) is 0 Å². The van der Waals surface area contributed by atoms with Gasteiger partial charge in [0, 0.05) is 24.2 Å². The summed E-state index contributed by atoms with van der Waals surface area (Å²) >= 11 is 0. The number of fused-ring (bicyclic) bond motifs is 2. The van der Waals surface area contributed by atoms with Crippen molar-refractivity contribution in [3.8, 4) is 0 Å². The summed E-state index contributed by atoms with van der Waals surface area (Å²) in [5.41, 5.74) is 1.12. The van der Waals surface area contributed by atoms with Crippen molar-refractivity contribution in [1.29, 1.82) is 0 Å². The van der Waals surface area contributed by atoms with Gasteiger partial charge in [0.2, 0.25) is 0 Å². The van der Waals surface area contributed by atoms with Crippen molar-refractivity contribution in [2.45, 2.75) is 71.2 Å². The van der Waals surface area contributed by atoms with Crippen LogP contribution < -0.4 is 0 Å². The van der Waals surface area contributed by atoms with Crippen molar-refractivity contribution in [1.82, 2.24) is 0 Å². The van der Waals surface area contributed by atoms with Gasteiger partial charge in [-0.3, -0.25) is 0 Å². The van der Waals surface area contributed by atoms with Crippen molar-refractivity contribution in [3.05, 3.63) is 35.9 Å². The zero-order valence-electron chi connectivity index (χ0n) is 15.7. The van der Waals surface area contributed by atoms with Gasteiger partial charge in [0.15, 0.2) is 5.79 Å². The van der Waals surface area contributed by atoms with Crippen molar-refractivity contribution in [3.63, 3.8) is 0 Å². The van der Waals surface area contributed by atoms with Gasteiger partial charge in [0.1, 0.15) is 6.29 Å². The molecule has 2 bridgehead atoms. The lowest BCUT2D eigenvalue weighted by Gasteiger charge is -2.45. The number of hydrogen-bond acceptors (Lipinski definition) is 4. The Bertz CT molecular complexity index is 575. The summed E-state index contributed by atoms with van der Waals surface area (Å²) in [5, 5.41) is 0. The topological polar surface area (TPSA) is 44.8 Å². The molecule has 0 unspecified atom stereocenters. The summed E-state index contributed by atoms with van der Waals surface area (Å²) in [5.74, 6) is -0.248. The van der Waals surface area contributed by atoms with Crippen LogP contribution in [0, 0.1) is 17.8 Å². The molecule has 0 saturated carbocycles. The molecule has 7 atom stereocenters. The molecule has 2 aliphatic rings. The maximum Gasteiger partial charge on any atom is 0.166 e. The molecule has 0 aliphatic carbocycles. The predicted molar refractivity (Wildman–Crippen MR) is 96.0 cm³/mol. The lowest BCUT2D eigenvalue weighted by atomic mass is 9.82. The SMILES string of the molecule is C[C@@H]([C@H]1O[C@]2(C)CC[C@H](O2)[C@H]1C)[C@H](OCc1ccccc1)[C@H](C)C=O. The van der Waals surface area contributed by atoms with E-state index >= 15 is 0 Å². The van der Waals surface area contributed by atoms with Crippen molar-refractivity contribution in [2.75, 3.05) is 0 Å². The Labute approximate surface area is 150 Å². The standard InChI is InChI=1S/C21H30O4/c1-14(12-22)19(23-13-17-8-6-5-7-9-17)16(3)20-15(2)18-10-11-21(4,24-18)25-20/h5-9,12,14-16,18-20H,10-11,13H2,1-4H3/t14-,15-,16-,18+,19-,20+,21-/m1/s1. The fourth-order valence-corrected chi connectivity index (χ4v) is 4.31. The van der Waals surface area contributed by atoms with E-state index in [1.54, 1.807) is 0 Å². The maximum atomic E-state index is 11.5. The molecule has 25 heavy (non-hydrogen) atoms. The Hall–Kier alpha value is -1.23. The average Bonchev–Trinajstić information content (AvgIpc) is 2.96. The van der Waals surface area contributed by atoms with Crippen molar-refractivity contribution >= 4 is 6.29 Å². The van der Waals surface area contributed by atoms with E-state index in [9.17, 15) is 4.79 Å². The molecule has 2 saturated heterocycles. The molecule has 4 heteroatoms. The smallest absolute Gasteiger partial charge is 0.166 e. The number of carbonyl (C=O) groups excluding carboxylic acids is 1. The molecule has 2 fully saturated rings. The number of carbonyl (C=O) groups is 1. The number of rotatable bonds is 7. The van der Waals surface area contributed by atoms with Gasteiger partial charge >= 0.3 is 0 Å². The monoisotopic (exact) mass is 346 g/mol. The van der Waals surface area contributed by atoms with E-state index in [0.29, 0.717) is 12.5 Å². The van der Waals surface area contributed by atoms with Gasteiger partial charge < -0.3 is 19.0 Å².